The van der Waals surface area contributed by atoms with Gasteiger partial charge in [0.15, 0.2) is 5.96 Å². The van der Waals surface area contributed by atoms with Gasteiger partial charge in [-0.2, -0.15) is 0 Å². The molecule has 4 rings (SSSR count). The van der Waals surface area contributed by atoms with Crippen molar-refractivity contribution in [1.82, 2.24) is 15.2 Å². The van der Waals surface area contributed by atoms with Crippen LogP contribution < -0.4 is 10.2 Å². The zero-order valence-electron chi connectivity index (χ0n) is 16.5. The summed E-state index contributed by atoms with van der Waals surface area (Å²) >= 11 is 1.63. The molecule has 29 heavy (non-hydrogen) atoms. The van der Waals surface area contributed by atoms with Gasteiger partial charge in [0.2, 0.25) is 5.89 Å². The van der Waals surface area contributed by atoms with E-state index in [-0.39, 0.29) is 24.0 Å². The fourth-order valence-corrected chi connectivity index (χ4v) is 3.95. The Morgan fingerprint density at radius 1 is 1.14 bits per heavy atom. The quantitative estimate of drug-likeness (QED) is 0.307. The van der Waals surface area contributed by atoms with Crippen molar-refractivity contribution in [2.45, 2.75) is 13.5 Å². The van der Waals surface area contributed by atoms with Crippen molar-refractivity contribution in [2.24, 2.45) is 4.99 Å². The molecular formula is C21H26IN5OS. The predicted molar refractivity (Wildman–Crippen MR) is 130 cm³/mol. The molecule has 0 amide bonds. The Bertz CT molecular complexity index is 889. The number of anilines is 1. The van der Waals surface area contributed by atoms with Gasteiger partial charge in [0.05, 0.1) is 11.4 Å². The zero-order valence-corrected chi connectivity index (χ0v) is 19.6. The molecule has 0 saturated carbocycles. The summed E-state index contributed by atoms with van der Waals surface area (Å²) in [6.07, 6.45) is 1.70. The lowest BCUT2D eigenvalue weighted by molar-refractivity contribution is 0.372. The second kappa shape index (κ2) is 10.6. The van der Waals surface area contributed by atoms with Crippen molar-refractivity contribution >= 4 is 47.0 Å². The molecule has 1 fully saturated rings. The molecule has 2 aromatic heterocycles. The van der Waals surface area contributed by atoms with E-state index < -0.39 is 0 Å². The van der Waals surface area contributed by atoms with Crippen molar-refractivity contribution in [3.8, 4) is 10.8 Å². The highest BCUT2D eigenvalue weighted by Crippen LogP contribution is 2.23. The maximum atomic E-state index is 5.60. The molecular weight excluding hydrogens is 497 g/mol. The molecule has 3 heterocycles. The molecule has 1 N–H and O–H groups in total. The van der Waals surface area contributed by atoms with Crippen LogP contribution in [0.3, 0.4) is 0 Å². The van der Waals surface area contributed by atoms with Crippen LogP contribution in [0.25, 0.3) is 10.8 Å². The zero-order chi connectivity index (χ0) is 19.2. The summed E-state index contributed by atoms with van der Waals surface area (Å²) in [7, 11) is 0. The third-order valence-corrected chi connectivity index (χ3v) is 5.57. The Morgan fingerprint density at radius 2 is 1.93 bits per heavy atom. The standard InChI is InChI=1S/C21H25N5OS.HI/c1-2-22-21(23-15-17-16-27-20(24-17)19-9-6-14-28-19)26-12-10-25(11-13-26)18-7-4-3-5-8-18;/h3-9,14,16H,2,10-13,15H2,1H3,(H,22,23);1H. The number of aromatic nitrogens is 1. The fraction of sp³-hybridized carbons (Fsp3) is 0.333. The number of thiophene rings is 1. The maximum Gasteiger partial charge on any atom is 0.236 e. The molecule has 3 aromatic rings. The molecule has 0 unspecified atom stereocenters. The van der Waals surface area contributed by atoms with Crippen LogP contribution in [-0.4, -0.2) is 48.6 Å². The van der Waals surface area contributed by atoms with Gasteiger partial charge in [-0.15, -0.1) is 35.3 Å². The van der Waals surface area contributed by atoms with Gasteiger partial charge < -0.3 is 19.5 Å². The first-order chi connectivity index (χ1) is 13.8. The van der Waals surface area contributed by atoms with Crippen LogP contribution >= 0.6 is 35.3 Å². The molecule has 6 nitrogen and oxygen atoms in total. The van der Waals surface area contributed by atoms with Gasteiger partial charge in [-0.1, -0.05) is 24.3 Å². The largest absolute Gasteiger partial charge is 0.443 e. The summed E-state index contributed by atoms with van der Waals surface area (Å²) < 4.78 is 5.60. The van der Waals surface area contributed by atoms with E-state index in [0.29, 0.717) is 12.4 Å². The lowest BCUT2D eigenvalue weighted by Gasteiger charge is -2.37. The van der Waals surface area contributed by atoms with Crippen molar-refractivity contribution in [2.75, 3.05) is 37.6 Å². The van der Waals surface area contributed by atoms with E-state index in [9.17, 15) is 0 Å². The van der Waals surface area contributed by atoms with Crippen LogP contribution in [0.5, 0.6) is 0 Å². The van der Waals surface area contributed by atoms with Gasteiger partial charge in [0, 0.05) is 38.4 Å². The summed E-state index contributed by atoms with van der Waals surface area (Å²) in [5.74, 6) is 1.61. The van der Waals surface area contributed by atoms with Crippen molar-refractivity contribution in [1.29, 1.82) is 0 Å². The van der Waals surface area contributed by atoms with E-state index in [1.165, 1.54) is 5.69 Å². The number of hydrogen-bond donors (Lipinski definition) is 1. The number of halogens is 1. The third-order valence-electron chi connectivity index (χ3n) is 4.71. The first kappa shape index (κ1) is 21.6. The van der Waals surface area contributed by atoms with E-state index >= 15 is 0 Å². The number of nitrogens with one attached hydrogen (secondary N) is 1. The number of nitrogens with zero attached hydrogens (tertiary/aromatic N) is 4. The minimum Gasteiger partial charge on any atom is -0.443 e. The molecule has 154 valence electrons. The summed E-state index contributed by atoms with van der Waals surface area (Å²) in [4.78, 5) is 15.1. The number of oxazole rings is 1. The molecule has 1 aliphatic rings. The smallest absolute Gasteiger partial charge is 0.236 e. The van der Waals surface area contributed by atoms with Crippen molar-refractivity contribution in [3.63, 3.8) is 0 Å². The molecule has 1 aromatic carbocycles. The molecule has 0 atom stereocenters. The Kier molecular flexibility index (Phi) is 7.93. The van der Waals surface area contributed by atoms with Crippen molar-refractivity contribution < 1.29 is 4.42 Å². The number of aliphatic imine (C=N–C) groups is 1. The van der Waals surface area contributed by atoms with Crippen LogP contribution in [0.4, 0.5) is 5.69 Å². The Morgan fingerprint density at radius 3 is 2.62 bits per heavy atom. The van der Waals surface area contributed by atoms with Gasteiger partial charge in [0.1, 0.15) is 12.0 Å². The molecule has 8 heteroatoms. The van der Waals surface area contributed by atoms with Gasteiger partial charge in [-0.05, 0) is 30.5 Å². The van der Waals surface area contributed by atoms with E-state index in [1.807, 2.05) is 17.5 Å². The van der Waals surface area contributed by atoms with Crippen molar-refractivity contribution in [3.05, 3.63) is 59.8 Å². The summed E-state index contributed by atoms with van der Waals surface area (Å²) in [5.41, 5.74) is 2.13. The average molecular weight is 523 g/mol. The van der Waals surface area contributed by atoms with Gasteiger partial charge >= 0.3 is 0 Å². The number of rotatable bonds is 5. The van der Waals surface area contributed by atoms with E-state index in [0.717, 1.165) is 49.3 Å². The van der Waals surface area contributed by atoms with E-state index in [2.05, 4.69) is 57.4 Å². The first-order valence-electron chi connectivity index (χ1n) is 9.65. The minimum absolute atomic E-state index is 0. The summed E-state index contributed by atoms with van der Waals surface area (Å²) in [6.45, 7) is 7.32. The maximum absolute atomic E-state index is 5.60. The normalized spacial score (nSPS) is 14.6. The monoisotopic (exact) mass is 523 g/mol. The predicted octanol–water partition coefficient (Wildman–Crippen LogP) is 4.31. The highest BCUT2D eigenvalue weighted by atomic mass is 127. The Balaban J connectivity index is 0.00000240. The highest BCUT2D eigenvalue weighted by Gasteiger charge is 2.20. The molecule has 0 aliphatic carbocycles. The first-order valence-corrected chi connectivity index (χ1v) is 10.5. The number of piperazine rings is 1. The summed E-state index contributed by atoms with van der Waals surface area (Å²) in [5, 5.41) is 5.44. The van der Waals surface area contributed by atoms with Gasteiger partial charge in [-0.25, -0.2) is 9.98 Å². The number of guanidine groups is 1. The topological polar surface area (TPSA) is 56.9 Å². The molecule has 1 aliphatic heterocycles. The fourth-order valence-electron chi connectivity index (χ4n) is 3.29. The van der Waals surface area contributed by atoms with E-state index in [4.69, 9.17) is 9.41 Å². The SMILES string of the molecule is CCNC(=NCc1coc(-c2cccs2)n1)N1CCN(c2ccccc2)CC1.I. The summed E-state index contributed by atoms with van der Waals surface area (Å²) in [6, 6.07) is 14.6. The molecule has 0 radical (unpaired) electrons. The minimum atomic E-state index is 0. The van der Waals surface area contributed by atoms with Crippen LogP contribution in [0.15, 0.2) is 63.5 Å². The molecule has 1 saturated heterocycles. The second-order valence-corrected chi connectivity index (χ2v) is 7.55. The lowest BCUT2D eigenvalue weighted by Crippen LogP contribution is -2.52. The van der Waals surface area contributed by atoms with Gasteiger partial charge in [-0.3, -0.25) is 0 Å². The molecule has 0 bridgehead atoms. The average Bonchev–Trinajstić information content (AvgIpc) is 3.44. The van der Waals surface area contributed by atoms with Crippen LogP contribution in [0.2, 0.25) is 0 Å². The second-order valence-electron chi connectivity index (χ2n) is 6.60. The Hall–Kier alpha value is -2.07. The highest BCUT2D eigenvalue weighted by molar-refractivity contribution is 14.0. The van der Waals surface area contributed by atoms with E-state index in [1.54, 1.807) is 17.6 Å². The molecule has 0 spiro atoms. The Labute approximate surface area is 192 Å². The van der Waals surface area contributed by atoms with Crippen LogP contribution in [-0.2, 0) is 6.54 Å². The number of para-hydroxylation sites is 1. The number of benzene rings is 1. The van der Waals surface area contributed by atoms with Crippen LogP contribution in [0, 0.1) is 0 Å². The van der Waals surface area contributed by atoms with Crippen LogP contribution in [0.1, 0.15) is 12.6 Å². The number of hydrogen-bond acceptors (Lipinski definition) is 5. The lowest BCUT2D eigenvalue weighted by atomic mass is 10.2. The third kappa shape index (κ3) is 5.51. The van der Waals surface area contributed by atoms with Gasteiger partial charge in [0.25, 0.3) is 0 Å².